The van der Waals surface area contributed by atoms with Gasteiger partial charge in [0.25, 0.3) is 5.91 Å². The number of amides is 2. The zero-order valence-corrected chi connectivity index (χ0v) is 23.1. The second-order valence-electron chi connectivity index (χ2n) is 10.7. The molecule has 3 aromatic rings. The predicted molar refractivity (Wildman–Crippen MR) is 138 cm³/mol. The summed E-state index contributed by atoms with van der Waals surface area (Å²) in [7, 11) is 0. The first kappa shape index (κ1) is 32.2. The number of rotatable bonds is 9. The highest BCUT2D eigenvalue weighted by molar-refractivity contribution is 5.92. The topological polar surface area (TPSA) is 105 Å². The number of aryl methyl sites for hydroxylation is 1. The fourth-order valence-corrected chi connectivity index (χ4v) is 5.25. The van der Waals surface area contributed by atoms with Crippen molar-refractivity contribution in [1.29, 1.82) is 0 Å². The molecule has 2 amide bonds. The maximum absolute atomic E-state index is 13.9. The summed E-state index contributed by atoms with van der Waals surface area (Å²) < 4.78 is 107. The number of carbonyl (C=O) groups is 2. The second kappa shape index (κ2) is 12.1. The van der Waals surface area contributed by atoms with Gasteiger partial charge in [-0.1, -0.05) is 6.07 Å². The summed E-state index contributed by atoms with van der Waals surface area (Å²) in [4.78, 5) is 32.9. The molecule has 0 unspecified atom stereocenters. The Labute approximate surface area is 240 Å². The molecule has 0 saturated heterocycles. The van der Waals surface area contributed by atoms with Gasteiger partial charge in [0.1, 0.15) is 11.5 Å². The minimum Gasteiger partial charge on any atom is -0.350 e. The van der Waals surface area contributed by atoms with Gasteiger partial charge in [-0.2, -0.15) is 31.4 Å². The minimum absolute atomic E-state index is 0.118. The van der Waals surface area contributed by atoms with Crippen LogP contribution < -0.4 is 10.6 Å². The Balaban J connectivity index is 1.56. The number of nitrogens with one attached hydrogen (secondary N) is 3. The summed E-state index contributed by atoms with van der Waals surface area (Å²) in [5, 5.41) is 9.14. The molecule has 8 nitrogen and oxygen atoms in total. The van der Waals surface area contributed by atoms with Crippen molar-refractivity contribution in [1.82, 2.24) is 30.4 Å². The Morgan fingerprint density at radius 1 is 1.07 bits per heavy atom. The number of hydrogen-bond donors (Lipinski definition) is 3. The van der Waals surface area contributed by atoms with Crippen LogP contribution in [-0.4, -0.2) is 49.8 Å². The van der Waals surface area contributed by atoms with Crippen molar-refractivity contribution < 1.29 is 44.7 Å². The summed E-state index contributed by atoms with van der Waals surface area (Å²) in [6, 6.07) is 4.33. The summed E-state index contributed by atoms with van der Waals surface area (Å²) in [6.07, 6.45) is -12.1. The molecule has 2 atom stereocenters. The van der Waals surface area contributed by atoms with Crippen LogP contribution in [0.25, 0.3) is 11.0 Å². The number of aromatic nitrogens is 4. The number of fused-ring (bicyclic) bond motifs is 1. The molecular formula is C27H30F8N6O2. The third-order valence-electron chi connectivity index (χ3n) is 7.64. The highest BCUT2D eigenvalue weighted by atomic mass is 19.4. The molecule has 1 fully saturated rings. The van der Waals surface area contributed by atoms with Crippen molar-refractivity contribution in [2.75, 3.05) is 0 Å². The van der Waals surface area contributed by atoms with Crippen LogP contribution in [0.4, 0.5) is 35.1 Å². The molecule has 1 aromatic carbocycles. The summed E-state index contributed by atoms with van der Waals surface area (Å²) >= 11 is 0. The number of imidazole rings is 1. The Morgan fingerprint density at radius 2 is 1.72 bits per heavy atom. The number of nitrogens with zero attached hydrogens (tertiary/aromatic N) is 3. The van der Waals surface area contributed by atoms with E-state index in [4.69, 9.17) is 0 Å². The smallest absolute Gasteiger partial charge is 0.350 e. The van der Waals surface area contributed by atoms with E-state index >= 15 is 0 Å². The minimum atomic E-state index is -5.64. The molecule has 1 aliphatic rings. The monoisotopic (exact) mass is 622 g/mol. The first-order valence-electron chi connectivity index (χ1n) is 13.6. The second-order valence-corrected chi connectivity index (χ2v) is 10.7. The maximum Gasteiger partial charge on any atom is 0.400 e. The normalized spacial score (nSPS) is 17.7. The van der Waals surface area contributed by atoms with Gasteiger partial charge < -0.3 is 15.6 Å². The molecule has 0 radical (unpaired) electrons. The SMILES string of the molecule is CCn1nccc1C(=O)N[C@H](c1nc2ccc([C@@H](C)NC(=O)CC(C(F)(F)F)C(F)(F)F)cc2[nH]1)C1CCC(F)(F)CC1. The van der Waals surface area contributed by atoms with Crippen LogP contribution in [0.15, 0.2) is 30.5 Å². The highest BCUT2D eigenvalue weighted by Gasteiger charge is 2.57. The molecule has 2 aromatic heterocycles. The maximum atomic E-state index is 13.9. The Kier molecular flexibility index (Phi) is 9.07. The van der Waals surface area contributed by atoms with Crippen LogP contribution >= 0.6 is 0 Å². The van der Waals surface area contributed by atoms with E-state index in [1.165, 1.54) is 42.1 Å². The zero-order valence-electron chi connectivity index (χ0n) is 23.1. The average molecular weight is 623 g/mol. The fraction of sp³-hybridized carbons (Fsp3) is 0.556. The lowest BCUT2D eigenvalue weighted by molar-refractivity contribution is -0.284. The predicted octanol–water partition coefficient (Wildman–Crippen LogP) is 6.38. The molecule has 4 rings (SSSR count). The number of H-pyrrole nitrogens is 1. The van der Waals surface area contributed by atoms with Crippen LogP contribution in [0.5, 0.6) is 0 Å². The van der Waals surface area contributed by atoms with Crippen LogP contribution in [0, 0.1) is 11.8 Å². The molecule has 16 heteroatoms. The molecule has 43 heavy (non-hydrogen) atoms. The lowest BCUT2D eigenvalue weighted by atomic mass is 9.81. The molecule has 0 bridgehead atoms. The van der Waals surface area contributed by atoms with Gasteiger partial charge >= 0.3 is 12.4 Å². The number of benzene rings is 1. The Hall–Kier alpha value is -3.72. The molecule has 3 N–H and O–H groups in total. The van der Waals surface area contributed by atoms with E-state index in [0.717, 1.165) is 0 Å². The quantitative estimate of drug-likeness (QED) is 0.241. The number of aromatic amines is 1. The van der Waals surface area contributed by atoms with E-state index in [1.807, 2.05) is 0 Å². The van der Waals surface area contributed by atoms with Gasteiger partial charge in [0, 0.05) is 32.0 Å². The Morgan fingerprint density at radius 3 is 2.33 bits per heavy atom. The Bertz CT molecular complexity index is 1420. The van der Waals surface area contributed by atoms with Gasteiger partial charge in [0.2, 0.25) is 11.8 Å². The summed E-state index contributed by atoms with van der Waals surface area (Å²) in [6.45, 7) is 3.62. The third kappa shape index (κ3) is 7.63. The average Bonchev–Trinajstić information content (AvgIpc) is 3.56. The van der Waals surface area contributed by atoms with Gasteiger partial charge in [0.05, 0.1) is 23.1 Å². The van der Waals surface area contributed by atoms with E-state index in [2.05, 4.69) is 25.7 Å². The van der Waals surface area contributed by atoms with E-state index in [1.54, 1.807) is 6.92 Å². The number of carbonyl (C=O) groups excluding carboxylic acids is 2. The van der Waals surface area contributed by atoms with Crippen LogP contribution in [0.2, 0.25) is 0 Å². The third-order valence-corrected chi connectivity index (χ3v) is 7.64. The van der Waals surface area contributed by atoms with Gasteiger partial charge in [-0.3, -0.25) is 14.3 Å². The van der Waals surface area contributed by atoms with Gasteiger partial charge in [-0.25, -0.2) is 13.8 Å². The summed E-state index contributed by atoms with van der Waals surface area (Å²) in [5.74, 6) is -8.61. The molecular weight excluding hydrogens is 592 g/mol. The molecule has 2 heterocycles. The van der Waals surface area contributed by atoms with E-state index in [-0.39, 0.29) is 43.1 Å². The molecule has 0 aliphatic heterocycles. The fourth-order valence-electron chi connectivity index (χ4n) is 5.25. The lowest BCUT2D eigenvalue weighted by Crippen LogP contribution is -2.41. The molecule has 1 aliphatic carbocycles. The van der Waals surface area contributed by atoms with Crippen molar-refractivity contribution in [3.8, 4) is 0 Å². The van der Waals surface area contributed by atoms with Crippen LogP contribution in [-0.2, 0) is 11.3 Å². The first-order chi connectivity index (χ1) is 20.0. The lowest BCUT2D eigenvalue weighted by Gasteiger charge is -2.33. The first-order valence-corrected chi connectivity index (χ1v) is 13.6. The van der Waals surface area contributed by atoms with Gasteiger partial charge in [0.15, 0.2) is 5.92 Å². The number of halogens is 8. The van der Waals surface area contributed by atoms with E-state index in [0.29, 0.717) is 23.1 Å². The van der Waals surface area contributed by atoms with Crippen LogP contribution in [0.3, 0.4) is 0 Å². The largest absolute Gasteiger partial charge is 0.400 e. The van der Waals surface area contributed by atoms with Crippen molar-refractivity contribution in [3.05, 3.63) is 47.5 Å². The van der Waals surface area contributed by atoms with Crippen molar-refractivity contribution in [2.24, 2.45) is 11.8 Å². The van der Waals surface area contributed by atoms with E-state index in [9.17, 15) is 44.7 Å². The standard InChI is InChI=1S/C27H30F8N6O2/c1-3-41-19(8-11-36-41)24(43)40-22(15-6-9-25(28,29)10-7-15)23-38-17-5-4-16(12-18(17)39-23)14(2)37-21(42)13-20(26(30,31)32)27(33,34)35/h4-5,8,11-12,14-15,20,22H,3,6-7,9-10,13H2,1-2H3,(H,37,42)(H,38,39)(H,40,43)/t14-,22+/m1/s1. The summed E-state index contributed by atoms with van der Waals surface area (Å²) in [5.41, 5.74) is 1.44. The van der Waals surface area contributed by atoms with Crippen molar-refractivity contribution in [2.45, 2.75) is 82.9 Å². The number of alkyl halides is 8. The van der Waals surface area contributed by atoms with Crippen LogP contribution in [0.1, 0.15) is 79.9 Å². The molecule has 236 valence electrons. The van der Waals surface area contributed by atoms with Crippen molar-refractivity contribution >= 4 is 22.8 Å². The highest BCUT2D eigenvalue weighted by Crippen LogP contribution is 2.42. The van der Waals surface area contributed by atoms with Crippen molar-refractivity contribution in [3.63, 3.8) is 0 Å². The van der Waals surface area contributed by atoms with Gasteiger partial charge in [-0.15, -0.1) is 0 Å². The zero-order chi connectivity index (χ0) is 31.7. The molecule has 1 saturated carbocycles. The van der Waals surface area contributed by atoms with Gasteiger partial charge in [-0.05, 0) is 56.4 Å². The number of hydrogen-bond acceptors (Lipinski definition) is 4. The molecule has 0 spiro atoms. The van der Waals surface area contributed by atoms with E-state index < -0.39 is 54.5 Å².